The molecule has 0 fully saturated rings. The van der Waals surface area contributed by atoms with Crippen LogP contribution in [0.15, 0.2) is 24.3 Å². The Kier molecular flexibility index (Phi) is 5.14. The quantitative estimate of drug-likeness (QED) is 0.634. The van der Waals surface area contributed by atoms with Gasteiger partial charge in [-0.05, 0) is 25.0 Å². The van der Waals surface area contributed by atoms with Crippen molar-refractivity contribution in [3.8, 4) is 0 Å². The fourth-order valence-electron chi connectivity index (χ4n) is 2.22. The molecule has 2 atom stereocenters. The highest BCUT2D eigenvalue weighted by Gasteiger charge is 2.34. The predicted octanol–water partition coefficient (Wildman–Crippen LogP) is 4.25. The number of benzene rings is 1. The van der Waals surface area contributed by atoms with E-state index in [0.717, 1.165) is 0 Å². The summed E-state index contributed by atoms with van der Waals surface area (Å²) >= 11 is 17.7. The van der Waals surface area contributed by atoms with Gasteiger partial charge in [0.05, 0.1) is 32.6 Å². The average Bonchev–Trinajstić information content (AvgIpc) is 2.44. The number of carbonyl (C=O) groups excluding carboxylic acids is 1. The third kappa shape index (κ3) is 3.70. The molecule has 0 aromatic heterocycles. The first-order valence-corrected chi connectivity index (χ1v) is 7.36. The molecular formula is C14H12Cl3NO3. The molecule has 1 aliphatic rings. The van der Waals surface area contributed by atoms with Crippen LogP contribution >= 0.6 is 34.8 Å². The van der Waals surface area contributed by atoms with E-state index < -0.39 is 23.7 Å². The number of amides is 1. The van der Waals surface area contributed by atoms with E-state index in [2.05, 4.69) is 5.32 Å². The average molecular weight is 349 g/mol. The lowest BCUT2D eigenvalue weighted by Gasteiger charge is -2.24. The number of carbonyl (C=O) groups is 2. The summed E-state index contributed by atoms with van der Waals surface area (Å²) in [6, 6.07) is 2.87. The predicted molar refractivity (Wildman–Crippen MR) is 83.1 cm³/mol. The minimum absolute atomic E-state index is 0.246. The lowest BCUT2D eigenvalue weighted by molar-refractivity contribution is -0.146. The largest absolute Gasteiger partial charge is 0.481 e. The SMILES string of the molecule is O=C(O)[C@@H]1CC=CC[C@H]1C(=O)Nc1cc(Cl)c(Cl)cc1Cl. The van der Waals surface area contributed by atoms with Gasteiger partial charge in [-0.3, -0.25) is 9.59 Å². The van der Waals surface area contributed by atoms with Gasteiger partial charge in [0, 0.05) is 0 Å². The molecule has 0 heterocycles. The summed E-state index contributed by atoms with van der Waals surface area (Å²) in [6.07, 6.45) is 4.29. The van der Waals surface area contributed by atoms with Crippen molar-refractivity contribution in [2.75, 3.05) is 5.32 Å². The number of carboxylic acids is 1. The summed E-state index contributed by atoms with van der Waals surface area (Å²) in [5.41, 5.74) is 0.315. The third-order valence-corrected chi connectivity index (χ3v) is 4.39. The van der Waals surface area contributed by atoms with Gasteiger partial charge in [0.25, 0.3) is 0 Å². The first-order chi connectivity index (χ1) is 9.90. The molecule has 112 valence electrons. The topological polar surface area (TPSA) is 66.4 Å². The van der Waals surface area contributed by atoms with Crippen LogP contribution in [0.4, 0.5) is 5.69 Å². The Hall–Kier alpha value is -1.23. The van der Waals surface area contributed by atoms with Crippen LogP contribution in [0.5, 0.6) is 0 Å². The van der Waals surface area contributed by atoms with Crippen molar-refractivity contribution in [1.29, 1.82) is 0 Å². The van der Waals surface area contributed by atoms with Crippen LogP contribution in [0, 0.1) is 11.8 Å². The Morgan fingerprint density at radius 3 is 2.19 bits per heavy atom. The van der Waals surface area contributed by atoms with Crippen molar-refractivity contribution in [3.05, 3.63) is 39.4 Å². The lowest BCUT2D eigenvalue weighted by Crippen LogP contribution is -2.34. The van der Waals surface area contributed by atoms with Crippen molar-refractivity contribution >= 4 is 52.4 Å². The maximum Gasteiger partial charge on any atom is 0.307 e. The molecule has 0 radical (unpaired) electrons. The number of halogens is 3. The monoisotopic (exact) mass is 347 g/mol. The molecule has 0 bridgehead atoms. The molecule has 1 aliphatic carbocycles. The molecule has 1 aromatic rings. The van der Waals surface area contributed by atoms with Crippen LogP contribution in [-0.4, -0.2) is 17.0 Å². The molecule has 21 heavy (non-hydrogen) atoms. The van der Waals surface area contributed by atoms with Gasteiger partial charge in [-0.25, -0.2) is 0 Å². The molecule has 0 aliphatic heterocycles. The maximum absolute atomic E-state index is 12.3. The van der Waals surface area contributed by atoms with Crippen molar-refractivity contribution < 1.29 is 14.7 Å². The number of hydrogen-bond donors (Lipinski definition) is 2. The Morgan fingerprint density at radius 1 is 1.00 bits per heavy atom. The Bertz CT molecular complexity index is 616. The number of aliphatic carboxylic acids is 1. The van der Waals surface area contributed by atoms with Crippen LogP contribution in [-0.2, 0) is 9.59 Å². The van der Waals surface area contributed by atoms with Crippen LogP contribution < -0.4 is 5.32 Å². The summed E-state index contributed by atoms with van der Waals surface area (Å²) in [5.74, 6) is -2.76. The fourth-order valence-corrected chi connectivity index (χ4v) is 2.81. The highest BCUT2D eigenvalue weighted by molar-refractivity contribution is 6.44. The minimum atomic E-state index is -0.986. The molecule has 4 nitrogen and oxygen atoms in total. The Balaban J connectivity index is 2.19. The highest BCUT2D eigenvalue weighted by atomic mass is 35.5. The summed E-state index contributed by atoms with van der Waals surface area (Å²) in [5, 5.41) is 12.6. The smallest absolute Gasteiger partial charge is 0.307 e. The summed E-state index contributed by atoms with van der Waals surface area (Å²) in [4.78, 5) is 23.5. The number of allylic oxidation sites excluding steroid dienone is 2. The zero-order chi connectivity index (χ0) is 15.6. The number of rotatable bonds is 3. The van der Waals surface area contributed by atoms with Gasteiger partial charge in [-0.2, -0.15) is 0 Å². The zero-order valence-electron chi connectivity index (χ0n) is 10.8. The molecule has 2 rings (SSSR count). The molecule has 1 aromatic carbocycles. The van der Waals surface area contributed by atoms with Crippen molar-refractivity contribution in [3.63, 3.8) is 0 Å². The van der Waals surface area contributed by atoms with Crippen molar-refractivity contribution in [2.45, 2.75) is 12.8 Å². The lowest BCUT2D eigenvalue weighted by atomic mass is 9.82. The van der Waals surface area contributed by atoms with E-state index in [9.17, 15) is 14.7 Å². The minimum Gasteiger partial charge on any atom is -0.481 e. The molecule has 0 spiro atoms. The number of hydrogen-bond acceptors (Lipinski definition) is 2. The van der Waals surface area contributed by atoms with Gasteiger partial charge in [0.15, 0.2) is 0 Å². The van der Waals surface area contributed by atoms with E-state index in [0.29, 0.717) is 18.5 Å². The van der Waals surface area contributed by atoms with Gasteiger partial charge >= 0.3 is 5.97 Å². The number of anilines is 1. The second kappa shape index (κ2) is 6.69. The Labute approximate surface area is 136 Å². The second-order valence-electron chi connectivity index (χ2n) is 4.73. The Morgan fingerprint density at radius 2 is 1.57 bits per heavy atom. The first kappa shape index (κ1) is 16.1. The number of carboxylic acid groups (broad SMARTS) is 1. The first-order valence-electron chi connectivity index (χ1n) is 6.23. The van der Waals surface area contributed by atoms with E-state index in [1.165, 1.54) is 12.1 Å². The molecule has 2 N–H and O–H groups in total. The molecule has 1 amide bonds. The third-order valence-electron chi connectivity index (χ3n) is 3.35. The van der Waals surface area contributed by atoms with Gasteiger partial charge in [0.1, 0.15) is 0 Å². The summed E-state index contributed by atoms with van der Waals surface area (Å²) in [7, 11) is 0. The van der Waals surface area contributed by atoms with Crippen LogP contribution in [0.2, 0.25) is 15.1 Å². The van der Waals surface area contributed by atoms with Crippen LogP contribution in [0.25, 0.3) is 0 Å². The van der Waals surface area contributed by atoms with Crippen molar-refractivity contribution in [2.24, 2.45) is 11.8 Å². The van der Waals surface area contributed by atoms with Gasteiger partial charge in [-0.1, -0.05) is 47.0 Å². The summed E-state index contributed by atoms with van der Waals surface area (Å²) in [6.45, 7) is 0. The number of nitrogens with one attached hydrogen (secondary N) is 1. The van der Waals surface area contributed by atoms with Crippen LogP contribution in [0.1, 0.15) is 12.8 Å². The van der Waals surface area contributed by atoms with E-state index in [4.69, 9.17) is 34.8 Å². The van der Waals surface area contributed by atoms with E-state index in [1.54, 1.807) is 12.2 Å². The highest BCUT2D eigenvalue weighted by Crippen LogP contribution is 2.34. The van der Waals surface area contributed by atoms with Crippen LogP contribution in [0.3, 0.4) is 0 Å². The van der Waals surface area contributed by atoms with Crippen molar-refractivity contribution in [1.82, 2.24) is 0 Å². The van der Waals surface area contributed by atoms with Gasteiger partial charge in [0.2, 0.25) is 5.91 Å². The normalized spacial score (nSPS) is 21.1. The fraction of sp³-hybridized carbons (Fsp3) is 0.286. The zero-order valence-corrected chi connectivity index (χ0v) is 13.0. The molecule has 0 saturated heterocycles. The van der Waals surface area contributed by atoms with E-state index in [1.807, 2.05) is 0 Å². The molecule has 7 heteroatoms. The van der Waals surface area contributed by atoms with Gasteiger partial charge in [-0.15, -0.1) is 0 Å². The van der Waals surface area contributed by atoms with E-state index >= 15 is 0 Å². The van der Waals surface area contributed by atoms with Gasteiger partial charge < -0.3 is 10.4 Å². The maximum atomic E-state index is 12.3. The van der Waals surface area contributed by atoms with E-state index in [-0.39, 0.29) is 15.1 Å². The standard InChI is InChI=1S/C14H12Cl3NO3/c15-9-5-11(17)12(6-10(9)16)18-13(19)7-3-1-2-4-8(7)14(20)21/h1-2,5-8H,3-4H2,(H,18,19)(H,20,21)/t7-,8-/m1/s1. The summed E-state index contributed by atoms with van der Waals surface area (Å²) < 4.78 is 0. The molecular weight excluding hydrogens is 337 g/mol. The second-order valence-corrected chi connectivity index (χ2v) is 5.95. The molecule has 0 saturated carbocycles. The molecule has 0 unspecified atom stereocenters.